The minimum atomic E-state index is -0.431. The summed E-state index contributed by atoms with van der Waals surface area (Å²) in [5.41, 5.74) is 7.44. The molecule has 0 saturated heterocycles. The van der Waals surface area contributed by atoms with E-state index in [1.54, 1.807) is 18.2 Å². The van der Waals surface area contributed by atoms with E-state index in [0.29, 0.717) is 10.0 Å². The third kappa shape index (κ3) is 2.37. The molecule has 0 bridgehead atoms. The summed E-state index contributed by atoms with van der Waals surface area (Å²) < 4.78 is 15.2. The largest absolute Gasteiger partial charge is 0.320 e. The highest BCUT2D eigenvalue weighted by molar-refractivity contribution is 9.11. The topological polar surface area (TPSA) is 26.0 Å². The second kappa shape index (κ2) is 4.96. The zero-order valence-corrected chi connectivity index (χ0v) is 12.1. The molecule has 0 saturated carbocycles. The Bertz CT molecular complexity index is 512. The van der Waals surface area contributed by atoms with Crippen LogP contribution in [-0.2, 0) is 0 Å². The second-order valence-corrected chi connectivity index (χ2v) is 6.45. The molecule has 0 amide bonds. The van der Waals surface area contributed by atoms with Gasteiger partial charge in [0.05, 0.1) is 14.3 Å². The summed E-state index contributed by atoms with van der Waals surface area (Å²) in [7, 11) is 0. The molecule has 2 rings (SSSR count). The molecular formula is C11H8Br2FNS. The third-order valence-electron chi connectivity index (χ3n) is 2.26. The molecule has 0 aliphatic heterocycles. The zero-order chi connectivity index (χ0) is 11.7. The fourth-order valence-corrected chi connectivity index (χ4v) is 3.02. The van der Waals surface area contributed by atoms with Crippen LogP contribution < -0.4 is 5.73 Å². The van der Waals surface area contributed by atoms with Gasteiger partial charge in [-0.2, -0.15) is 0 Å². The maximum absolute atomic E-state index is 13.8. The summed E-state index contributed by atoms with van der Waals surface area (Å²) in [5.74, 6) is -0.294. The Kier molecular flexibility index (Phi) is 3.79. The van der Waals surface area contributed by atoms with E-state index in [1.807, 2.05) is 11.4 Å². The highest BCUT2D eigenvalue weighted by atomic mass is 79.9. The lowest BCUT2D eigenvalue weighted by molar-refractivity contribution is 0.593. The fraction of sp³-hybridized carbons (Fsp3) is 0.0909. The van der Waals surface area contributed by atoms with Gasteiger partial charge in [-0.1, -0.05) is 12.1 Å². The van der Waals surface area contributed by atoms with Gasteiger partial charge in [-0.05, 0) is 54.9 Å². The smallest absolute Gasteiger partial charge is 0.142 e. The summed E-state index contributed by atoms with van der Waals surface area (Å²) in [4.78, 5) is 0. The Hall–Kier alpha value is -0.230. The normalized spacial score (nSPS) is 12.8. The van der Waals surface area contributed by atoms with Crippen molar-refractivity contribution < 1.29 is 4.39 Å². The van der Waals surface area contributed by atoms with Crippen LogP contribution in [0.2, 0.25) is 0 Å². The molecule has 1 heterocycles. The number of rotatable bonds is 2. The molecule has 0 aliphatic carbocycles. The first-order valence-electron chi connectivity index (χ1n) is 4.53. The van der Waals surface area contributed by atoms with E-state index in [1.165, 1.54) is 11.3 Å². The number of hydrogen-bond donors (Lipinski definition) is 1. The molecule has 84 valence electrons. The lowest BCUT2D eigenvalue weighted by Gasteiger charge is -2.12. The SMILES string of the molecule is NC(c1csc(Br)c1)c1cccc(Br)c1F. The van der Waals surface area contributed by atoms with Gasteiger partial charge in [0, 0.05) is 5.56 Å². The standard InChI is InChI=1S/C11H8Br2FNS/c12-8-3-1-2-7(10(8)14)11(15)6-4-9(13)16-5-6/h1-5,11H,15H2. The molecule has 2 aromatic rings. The predicted molar refractivity (Wildman–Crippen MR) is 72.1 cm³/mol. The van der Waals surface area contributed by atoms with Crippen LogP contribution in [0, 0.1) is 5.82 Å². The van der Waals surface area contributed by atoms with Crippen molar-refractivity contribution >= 4 is 43.2 Å². The van der Waals surface area contributed by atoms with Gasteiger partial charge in [-0.15, -0.1) is 11.3 Å². The van der Waals surface area contributed by atoms with Crippen molar-refractivity contribution in [2.24, 2.45) is 5.73 Å². The Labute approximate surface area is 114 Å². The molecule has 1 unspecified atom stereocenters. The maximum Gasteiger partial charge on any atom is 0.142 e. The number of thiophene rings is 1. The molecule has 0 fully saturated rings. The van der Waals surface area contributed by atoms with Crippen LogP contribution >= 0.6 is 43.2 Å². The van der Waals surface area contributed by atoms with Gasteiger partial charge in [0.15, 0.2) is 0 Å². The van der Waals surface area contributed by atoms with Gasteiger partial charge < -0.3 is 5.73 Å². The van der Waals surface area contributed by atoms with E-state index in [0.717, 1.165) is 9.35 Å². The van der Waals surface area contributed by atoms with Crippen LogP contribution in [0.1, 0.15) is 17.2 Å². The van der Waals surface area contributed by atoms with E-state index in [4.69, 9.17) is 5.73 Å². The quantitative estimate of drug-likeness (QED) is 0.836. The van der Waals surface area contributed by atoms with Crippen molar-refractivity contribution in [3.05, 3.63) is 54.8 Å². The first-order chi connectivity index (χ1) is 7.59. The Morgan fingerprint density at radius 2 is 2.06 bits per heavy atom. The Morgan fingerprint density at radius 1 is 1.31 bits per heavy atom. The van der Waals surface area contributed by atoms with Gasteiger partial charge in [-0.3, -0.25) is 0 Å². The highest BCUT2D eigenvalue weighted by Crippen LogP contribution is 2.30. The molecule has 0 spiro atoms. The average molecular weight is 365 g/mol. The van der Waals surface area contributed by atoms with Crippen LogP contribution in [0.25, 0.3) is 0 Å². The van der Waals surface area contributed by atoms with Crippen LogP contribution in [0.4, 0.5) is 4.39 Å². The molecular weight excluding hydrogens is 357 g/mol. The molecule has 1 aromatic carbocycles. The van der Waals surface area contributed by atoms with Crippen molar-refractivity contribution in [1.82, 2.24) is 0 Å². The monoisotopic (exact) mass is 363 g/mol. The van der Waals surface area contributed by atoms with Crippen LogP contribution in [0.3, 0.4) is 0 Å². The van der Waals surface area contributed by atoms with Crippen molar-refractivity contribution in [3.8, 4) is 0 Å². The Morgan fingerprint density at radius 3 is 2.69 bits per heavy atom. The summed E-state index contributed by atoms with van der Waals surface area (Å²) in [6.45, 7) is 0. The van der Waals surface area contributed by atoms with Crippen molar-refractivity contribution in [2.75, 3.05) is 0 Å². The van der Waals surface area contributed by atoms with Crippen molar-refractivity contribution in [3.63, 3.8) is 0 Å². The molecule has 1 nitrogen and oxygen atoms in total. The van der Waals surface area contributed by atoms with Gasteiger partial charge in [0.25, 0.3) is 0 Å². The molecule has 1 aromatic heterocycles. The first-order valence-corrected chi connectivity index (χ1v) is 6.99. The lowest BCUT2D eigenvalue weighted by Crippen LogP contribution is -2.12. The number of nitrogens with two attached hydrogens (primary N) is 1. The zero-order valence-electron chi connectivity index (χ0n) is 8.08. The van der Waals surface area contributed by atoms with Gasteiger partial charge in [0.1, 0.15) is 5.82 Å². The van der Waals surface area contributed by atoms with E-state index in [2.05, 4.69) is 31.9 Å². The Balaban J connectivity index is 2.41. The third-order valence-corrected chi connectivity index (χ3v) is 4.40. The lowest BCUT2D eigenvalue weighted by atomic mass is 10.0. The predicted octanol–water partition coefficient (Wildman–Crippen LogP) is 4.46. The summed E-state index contributed by atoms with van der Waals surface area (Å²) in [5, 5.41) is 1.93. The molecule has 2 N–H and O–H groups in total. The van der Waals surface area contributed by atoms with Crippen LogP contribution in [0.15, 0.2) is 37.9 Å². The van der Waals surface area contributed by atoms with E-state index in [9.17, 15) is 4.39 Å². The number of halogens is 3. The summed E-state index contributed by atoms with van der Waals surface area (Å²) in [6.07, 6.45) is 0. The second-order valence-electron chi connectivity index (χ2n) is 3.30. The fourth-order valence-electron chi connectivity index (χ4n) is 1.43. The van der Waals surface area contributed by atoms with Crippen LogP contribution in [0.5, 0.6) is 0 Å². The molecule has 16 heavy (non-hydrogen) atoms. The molecule has 5 heteroatoms. The molecule has 0 aliphatic rings. The molecule has 1 atom stereocenters. The average Bonchev–Trinajstić information content (AvgIpc) is 2.68. The molecule has 0 radical (unpaired) electrons. The minimum absolute atomic E-state index is 0.294. The van der Waals surface area contributed by atoms with Crippen molar-refractivity contribution in [2.45, 2.75) is 6.04 Å². The van der Waals surface area contributed by atoms with Gasteiger partial charge in [-0.25, -0.2) is 4.39 Å². The van der Waals surface area contributed by atoms with E-state index in [-0.39, 0.29) is 5.82 Å². The van der Waals surface area contributed by atoms with E-state index >= 15 is 0 Å². The van der Waals surface area contributed by atoms with Crippen molar-refractivity contribution in [1.29, 1.82) is 0 Å². The van der Waals surface area contributed by atoms with Gasteiger partial charge in [0.2, 0.25) is 0 Å². The number of benzene rings is 1. The summed E-state index contributed by atoms with van der Waals surface area (Å²) in [6, 6.07) is 6.63. The highest BCUT2D eigenvalue weighted by Gasteiger charge is 2.16. The first kappa shape index (κ1) is 12.2. The number of hydrogen-bond acceptors (Lipinski definition) is 2. The minimum Gasteiger partial charge on any atom is -0.320 e. The maximum atomic E-state index is 13.8. The summed E-state index contributed by atoms with van der Waals surface area (Å²) >= 11 is 8.06. The van der Waals surface area contributed by atoms with Crippen LogP contribution in [-0.4, -0.2) is 0 Å². The van der Waals surface area contributed by atoms with Gasteiger partial charge >= 0.3 is 0 Å². The van der Waals surface area contributed by atoms with E-state index < -0.39 is 6.04 Å².